The van der Waals surface area contributed by atoms with E-state index in [1.807, 2.05) is 67.8 Å². The van der Waals surface area contributed by atoms with Gasteiger partial charge in [0.1, 0.15) is 29.3 Å². The van der Waals surface area contributed by atoms with Crippen LogP contribution in [0, 0.1) is 6.92 Å². The highest BCUT2D eigenvalue weighted by atomic mass is 32.2. The second kappa shape index (κ2) is 18.7. The highest BCUT2D eigenvalue weighted by Crippen LogP contribution is 2.27. The van der Waals surface area contributed by atoms with E-state index in [0.717, 1.165) is 24.0 Å². The van der Waals surface area contributed by atoms with E-state index in [-0.39, 0.29) is 18.9 Å². The maximum absolute atomic E-state index is 14.6. The Morgan fingerprint density at radius 1 is 0.830 bits per heavy atom. The molecule has 3 unspecified atom stereocenters. The van der Waals surface area contributed by atoms with Crippen molar-refractivity contribution in [3.8, 4) is 0 Å². The number of nitrogens with zero attached hydrogens (tertiary/aromatic N) is 1. The van der Waals surface area contributed by atoms with E-state index < -0.39 is 47.3 Å². The van der Waals surface area contributed by atoms with Crippen molar-refractivity contribution in [1.82, 2.24) is 15.5 Å². The van der Waals surface area contributed by atoms with Crippen LogP contribution in [0.15, 0.2) is 54.6 Å². The molecule has 47 heavy (non-hydrogen) atoms. The molecule has 0 aliphatic heterocycles. The van der Waals surface area contributed by atoms with Crippen molar-refractivity contribution >= 4 is 35.6 Å². The molecule has 3 amide bonds. The lowest BCUT2D eigenvalue weighted by atomic mass is 9.96. The van der Waals surface area contributed by atoms with E-state index in [0.29, 0.717) is 24.2 Å². The van der Waals surface area contributed by atoms with Gasteiger partial charge >= 0.3 is 12.1 Å². The van der Waals surface area contributed by atoms with Gasteiger partial charge in [0.05, 0.1) is 0 Å². The van der Waals surface area contributed by atoms with Gasteiger partial charge in [0.2, 0.25) is 11.8 Å². The Labute approximate surface area is 285 Å². The smallest absolute Gasteiger partial charge is 0.408 e. The van der Waals surface area contributed by atoms with Crippen LogP contribution in [-0.4, -0.2) is 70.6 Å². The van der Waals surface area contributed by atoms with Gasteiger partial charge in [0.15, 0.2) is 0 Å². The molecule has 2 rings (SSSR count). The molecule has 2 aromatic rings. The van der Waals surface area contributed by atoms with Gasteiger partial charge in [-0.1, -0.05) is 74.4 Å². The number of hydrogen-bond donors (Lipinski definition) is 2. The summed E-state index contributed by atoms with van der Waals surface area (Å²) in [6.45, 7) is 14.9. The second-order valence-corrected chi connectivity index (χ2v) is 14.7. The quantitative estimate of drug-likeness (QED) is 0.150. The van der Waals surface area contributed by atoms with Gasteiger partial charge in [-0.25, -0.2) is 9.59 Å². The van der Waals surface area contributed by atoms with E-state index in [4.69, 9.17) is 9.47 Å². The predicted molar refractivity (Wildman–Crippen MR) is 189 cm³/mol. The summed E-state index contributed by atoms with van der Waals surface area (Å²) in [4.78, 5) is 57.1. The van der Waals surface area contributed by atoms with Gasteiger partial charge < -0.3 is 25.0 Å². The molecule has 0 heterocycles. The van der Waals surface area contributed by atoms with Gasteiger partial charge in [-0.15, -0.1) is 0 Å². The number of alkyl carbamates (subject to hydrolysis) is 1. The number of aryl methyl sites for hydroxylation is 1. The third-order valence-corrected chi connectivity index (χ3v) is 7.86. The average Bonchev–Trinajstić information content (AvgIpc) is 2.97. The van der Waals surface area contributed by atoms with Gasteiger partial charge in [-0.2, -0.15) is 11.8 Å². The molecule has 0 saturated carbocycles. The average molecular weight is 670 g/mol. The largest absolute Gasteiger partial charge is 0.458 e. The minimum atomic E-state index is -1.07. The van der Waals surface area contributed by atoms with Crippen molar-refractivity contribution in [2.24, 2.45) is 0 Å². The number of benzene rings is 2. The summed E-state index contributed by atoms with van der Waals surface area (Å²) >= 11 is 1.56. The summed E-state index contributed by atoms with van der Waals surface area (Å²) in [5.41, 5.74) is 0.783. The fourth-order valence-electron chi connectivity index (χ4n) is 5.05. The highest BCUT2D eigenvalue weighted by molar-refractivity contribution is 7.98. The van der Waals surface area contributed by atoms with Gasteiger partial charge in [0.25, 0.3) is 0 Å². The molecule has 3 atom stereocenters. The predicted octanol–water partition coefficient (Wildman–Crippen LogP) is 6.77. The standard InChI is InChI=1S/C37H55N3O6S/c1-10-11-17-23-40(33(42)29(22-24-47-9)39-35(44)46-37(6,7)8)31(28-21-16-15-18-26(28)2)32(41)38-30(34(43)45-36(3,4)5)25-27-19-13-12-14-20-27/h12-16,18-21,29-31H,10-11,17,22-25H2,1-9H3,(H,38,41)(H,39,44). The Morgan fingerprint density at radius 2 is 1.45 bits per heavy atom. The molecule has 0 fully saturated rings. The van der Waals surface area contributed by atoms with Crippen molar-refractivity contribution in [2.75, 3.05) is 18.6 Å². The Bertz CT molecular complexity index is 1310. The molecular weight excluding hydrogens is 614 g/mol. The van der Waals surface area contributed by atoms with E-state index in [9.17, 15) is 19.2 Å². The summed E-state index contributed by atoms with van der Waals surface area (Å²) in [7, 11) is 0. The number of rotatable bonds is 16. The first-order valence-corrected chi connectivity index (χ1v) is 17.9. The maximum Gasteiger partial charge on any atom is 0.408 e. The van der Waals surface area contributed by atoms with Gasteiger partial charge in [-0.3, -0.25) is 9.59 Å². The number of amides is 3. The summed E-state index contributed by atoms with van der Waals surface area (Å²) < 4.78 is 11.2. The molecule has 260 valence electrons. The molecule has 2 N–H and O–H groups in total. The first kappa shape index (κ1) is 39.6. The topological polar surface area (TPSA) is 114 Å². The Hall–Kier alpha value is -3.53. The van der Waals surface area contributed by atoms with Crippen LogP contribution in [0.4, 0.5) is 4.79 Å². The van der Waals surface area contributed by atoms with E-state index in [1.54, 1.807) is 58.2 Å². The molecule has 0 saturated heterocycles. The van der Waals surface area contributed by atoms with E-state index in [1.165, 1.54) is 0 Å². The monoisotopic (exact) mass is 669 g/mol. The van der Waals surface area contributed by atoms with Gasteiger partial charge in [0, 0.05) is 13.0 Å². The highest BCUT2D eigenvalue weighted by Gasteiger charge is 2.38. The van der Waals surface area contributed by atoms with Crippen LogP contribution in [0.5, 0.6) is 0 Å². The van der Waals surface area contributed by atoms with Crippen molar-refractivity contribution in [3.63, 3.8) is 0 Å². The summed E-state index contributed by atoms with van der Waals surface area (Å²) in [5, 5.41) is 5.75. The second-order valence-electron chi connectivity index (χ2n) is 13.8. The number of unbranched alkanes of at least 4 members (excludes halogenated alkanes) is 2. The van der Waals surface area contributed by atoms with Crippen LogP contribution < -0.4 is 10.6 Å². The van der Waals surface area contributed by atoms with Crippen molar-refractivity contribution in [2.45, 2.75) is 117 Å². The molecule has 0 radical (unpaired) electrons. The van der Waals surface area contributed by atoms with Crippen LogP contribution >= 0.6 is 11.8 Å². The van der Waals surface area contributed by atoms with Crippen molar-refractivity contribution in [1.29, 1.82) is 0 Å². The van der Waals surface area contributed by atoms with E-state index in [2.05, 4.69) is 17.6 Å². The SMILES string of the molecule is CCCCCN(C(=O)C(CCSC)NC(=O)OC(C)(C)C)C(C(=O)NC(Cc1ccccc1)C(=O)OC(C)(C)C)c1ccccc1C. The van der Waals surface area contributed by atoms with Crippen LogP contribution in [0.2, 0.25) is 0 Å². The first-order chi connectivity index (χ1) is 22.1. The minimum absolute atomic E-state index is 0.211. The lowest BCUT2D eigenvalue weighted by Gasteiger charge is -2.36. The minimum Gasteiger partial charge on any atom is -0.458 e. The summed E-state index contributed by atoms with van der Waals surface area (Å²) in [6.07, 6.45) is 4.20. The number of nitrogens with one attached hydrogen (secondary N) is 2. The maximum atomic E-state index is 14.6. The zero-order valence-electron chi connectivity index (χ0n) is 29.7. The number of carbonyl (C=O) groups excluding carboxylic acids is 4. The van der Waals surface area contributed by atoms with Crippen LogP contribution in [0.1, 0.15) is 96.9 Å². The fraction of sp³-hybridized carbons (Fsp3) is 0.568. The summed E-state index contributed by atoms with van der Waals surface area (Å²) in [5.74, 6) is -0.849. The van der Waals surface area contributed by atoms with Crippen LogP contribution in [0.3, 0.4) is 0 Å². The third kappa shape index (κ3) is 14.0. The van der Waals surface area contributed by atoms with Gasteiger partial charge in [-0.05, 0) is 90.0 Å². The number of thioether (sulfide) groups is 1. The molecular formula is C37H55N3O6S. The molecule has 0 spiro atoms. The van der Waals surface area contributed by atoms with Crippen LogP contribution in [0.25, 0.3) is 0 Å². The third-order valence-electron chi connectivity index (χ3n) is 7.22. The van der Waals surface area contributed by atoms with E-state index >= 15 is 0 Å². The number of esters is 1. The number of ether oxygens (including phenoxy) is 2. The van der Waals surface area contributed by atoms with Crippen LogP contribution in [-0.2, 0) is 30.3 Å². The number of hydrogen-bond acceptors (Lipinski definition) is 7. The lowest BCUT2D eigenvalue weighted by Crippen LogP contribution is -2.55. The molecule has 0 aromatic heterocycles. The molecule has 0 aliphatic carbocycles. The van der Waals surface area contributed by atoms with Crippen molar-refractivity contribution in [3.05, 3.63) is 71.3 Å². The molecule has 0 bridgehead atoms. The number of carbonyl (C=O) groups is 4. The molecule has 0 aliphatic rings. The fourth-order valence-corrected chi connectivity index (χ4v) is 5.52. The molecule has 2 aromatic carbocycles. The zero-order valence-corrected chi connectivity index (χ0v) is 30.5. The lowest BCUT2D eigenvalue weighted by molar-refractivity contribution is -0.159. The Balaban J connectivity index is 2.62. The molecule has 9 nitrogen and oxygen atoms in total. The normalized spacial score (nSPS) is 13.6. The van der Waals surface area contributed by atoms with Crippen molar-refractivity contribution < 1.29 is 28.7 Å². The Morgan fingerprint density at radius 3 is 2.02 bits per heavy atom. The first-order valence-electron chi connectivity index (χ1n) is 16.5. The Kier molecular flexibility index (Phi) is 15.8. The molecule has 10 heteroatoms. The summed E-state index contributed by atoms with van der Waals surface area (Å²) in [6, 6.07) is 13.8. The zero-order chi connectivity index (χ0) is 35.2.